The fraction of sp³-hybridized carbons (Fsp3) is 0.500. The van der Waals surface area contributed by atoms with Crippen molar-refractivity contribution < 1.29 is 4.74 Å². The standard InChI is InChI=1S/C12H16BrClO/c1-4-5-8(2)10-6-9(13)7-11(14)12(10)15-3/h6-8H,4-5H2,1-3H3. The summed E-state index contributed by atoms with van der Waals surface area (Å²) < 4.78 is 6.35. The zero-order valence-corrected chi connectivity index (χ0v) is 11.7. The quantitative estimate of drug-likeness (QED) is 0.757. The van der Waals surface area contributed by atoms with Gasteiger partial charge in [0.05, 0.1) is 12.1 Å². The summed E-state index contributed by atoms with van der Waals surface area (Å²) in [7, 11) is 1.66. The Labute approximate surface area is 105 Å². The van der Waals surface area contributed by atoms with Gasteiger partial charge in [0.15, 0.2) is 0 Å². The normalized spacial score (nSPS) is 12.6. The molecule has 1 aromatic carbocycles. The zero-order valence-electron chi connectivity index (χ0n) is 9.31. The molecule has 0 heterocycles. The number of hydrogen-bond donors (Lipinski definition) is 0. The smallest absolute Gasteiger partial charge is 0.140 e. The van der Waals surface area contributed by atoms with Crippen LogP contribution in [0.15, 0.2) is 16.6 Å². The molecule has 0 aliphatic rings. The Morgan fingerprint density at radius 3 is 2.67 bits per heavy atom. The lowest BCUT2D eigenvalue weighted by Crippen LogP contribution is -1.98. The summed E-state index contributed by atoms with van der Waals surface area (Å²) >= 11 is 9.58. The van der Waals surface area contributed by atoms with Gasteiger partial charge in [-0.3, -0.25) is 0 Å². The highest BCUT2D eigenvalue weighted by Crippen LogP contribution is 2.37. The first-order chi connectivity index (χ1) is 7.10. The number of hydrogen-bond acceptors (Lipinski definition) is 1. The van der Waals surface area contributed by atoms with E-state index in [1.165, 1.54) is 5.56 Å². The van der Waals surface area contributed by atoms with Gasteiger partial charge in [-0.05, 0) is 30.0 Å². The minimum atomic E-state index is 0.472. The average Bonchev–Trinajstić information content (AvgIpc) is 2.17. The van der Waals surface area contributed by atoms with Gasteiger partial charge in [-0.15, -0.1) is 0 Å². The van der Waals surface area contributed by atoms with Crippen molar-refractivity contribution in [2.45, 2.75) is 32.6 Å². The third-order valence-electron chi connectivity index (χ3n) is 2.49. The fourth-order valence-corrected chi connectivity index (χ4v) is 2.66. The van der Waals surface area contributed by atoms with E-state index in [9.17, 15) is 0 Å². The molecule has 1 nitrogen and oxygen atoms in total. The predicted octanol–water partition coefficient (Wildman–Crippen LogP) is 5.01. The van der Waals surface area contributed by atoms with E-state index in [1.807, 2.05) is 6.07 Å². The second-order valence-electron chi connectivity index (χ2n) is 3.70. The van der Waals surface area contributed by atoms with E-state index in [4.69, 9.17) is 16.3 Å². The van der Waals surface area contributed by atoms with Crippen LogP contribution in [0.25, 0.3) is 0 Å². The molecule has 0 aromatic heterocycles. The molecule has 1 aromatic rings. The highest BCUT2D eigenvalue weighted by molar-refractivity contribution is 9.10. The SMILES string of the molecule is CCCC(C)c1cc(Br)cc(Cl)c1OC. The molecule has 0 saturated heterocycles. The van der Waals surface area contributed by atoms with Crippen molar-refractivity contribution in [2.75, 3.05) is 7.11 Å². The van der Waals surface area contributed by atoms with E-state index in [-0.39, 0.29) is 0 Å². The van der Waals surface area contributed by atoms with Gasteiger partial charge >= 0.3 is 0 Å². The van der Waals surface area contributed by atoms with Gasteiger partial charge < -0.3 is 4.74 Å². The summed E-state index contributed by atoms with van der Waals surface area (Å²) in [5.41, 5.74) is 1.18. The molecule has 0 bridgehead atoms. The number of benzene rings is 1. The average molecular weight is 292 g/mol. The van der Waals surface area contributed by atoms with Crippen LogP contribution in [0.5, 0.6) is 5.75 Å². The van der Waals surface area contributed by atoms with Gasteiger partial charge in [0.25, 0.3) is 0 Å². The second kappa shape index (κ2) is 5.76. The van der Waals surface area contributed by atoms with Crippen LogP contribution in [0.1, 0.15) is 38.2 Å². The summed E-state index contributed by atoms with van der Waals surface area (Å²) in [6.07, 6.45) is 2.30. The first-order valence-corrected chi connectivity index (χ1v) is 6.30. The minimum absolute atomic E-state index is 0.472. The lowest BCUT2D eigenvalue weighted by Gasteiger charge is -2.16. The Morgan fingerprint density at radius 2 is 2.13 bits per heavy atom. The number of ether oxygens (including phenoxy) is 1. The van der Waals surface area contributed by atoms with Crippen molar-refractivity contribution in [3.63, 3.8) is 0 Å². The predicted molar refractivity (Wildman–Crippen MR) is 69.0 cm³/mol. The van der Waals surface area contributed by atoms with Crippen LogP contribution in [-0.2, 0) is 0 Å². The largest absolute Gasteiger partial charge is 0.495 e. The maximum Gasteiger partial charge on any atom is 0.140 e. The molecule has 0 aliphatic heterocycles. The van der Waals surface area contributed by atoms with E-state index in [1.54, 1.807) is 7.11 Å². The van der Waals surface area contributed by atoms with Gasteiger partial charge in [-0.2, -0.15) is 0 Å². The molecule has 0 spiro atoms. The molecular formula is C12H16BrClO. The van der Waals surface area contributed by atoms with Crippen molar-refractivity contribution in [1.82, 2.24) is 0 Å². The topological polar surface area (TPSA) is 9.23 Å². The molecule has 3 heteroatoms. The molecule has 0 aliphatic carbocycles. The molecule has 0 radical (unpaired) electrons. The van der Waals surface area contributed by atoms with Gasteiger partial charge in [0, 0.05) is 4.47 Å². The maximum atomic E-state index is 6.12. The van der Waals surface area contributed by atoms with E-state index < -0.39 is 0 Å². The van der Waals surface area contributed by atoms with Crippen molar-refractivity contribution in [2.24, 2.45) is 0 Å². The van der Waals surface area contributed by atoms with Gasteiger partial charge in [-0.1, -0.05) is 47.8 Å². The van der Waals surface area contributed by atoms with Crippen molar-refractivity contribution in [1.29, 1.82) is 0 Å². The summed E-state index contributed by atoms with van der Waals surface area (Å²) in [6, 6.07) is 3.95. The number of halogens is 2. The van der Waals surface area contributed by atoms with Crippen LogP contribution < -0.4 is 4.74 Å². The zero-order chi connectivity index (χ0) is 11.4. The third kappa shape index (κ3) is 3.12. The first kappa shape index (κ1) is 12.9. The Morgan fingerprint density at radius 1 is 1.47 bits per heavy atom. The minimum Gasteiger partial charge on any atom is -0.495 e. The molecule has 0 saturated carbocycles. The summed E-state index contributed by atoms with van der Waals surface area (Å²) in [5, 5.41) is 0.671. The Bertz CT molecular complexity index is 339. The molecule has 0 N–H and O–H groups in total. The second-order valence-corrected chi connectivity index (χ2v) is 5.02. The third-order valence-corrected chi connectivity index (χ3v) is 3.23. The molecular weight excluding hydrogens is 275 g/mol. The van der Waals surface area contributed by atoms with Crippen LogP contribution >= 0.6 is 27.5 Å². The van der Waals surface area contributed by atoms with Gasteiger partial charge in [0.2, 0.25) is 0 Å². The Kier molecular flexibility index (Phi) is 4.94. The molecule has 1 unspecified atom stereocenters. The Balaban J connectivity index is 3.13. The molecule has 15 heavy (non-hydrogen) atoms. The first-order valence-electron chi connectivity index (χ1n) is 5.13. The van der Waals surface area contributed by atoms with Crippen molar-refractivity contribution in [3.05, 3.63) is 27.2 Å². The van der Waals surface area contributed by atoms with Crippen LogP contribution in [0, 0.1) is 0 Å². The fourth-order valence-electron chi connectivity index (χ4n) is 1.75. The summed E-state index contributed by atoms with van der Waals surface area (Å²) in [6.45, 7) is 4.38. The summed E-state index contributed by atoms with van der Waals surface area (Å²) in [4.78, 5) is 0. The molecule has 1 rings (SSSR count). The van der Waals surface area contributed by atoms with Gasteiger partial charge in [-0.25, -0.2) is 0 Å². The van der Waals surface area contributed by atoms with Crippen LogP contribution in [0.4, 0.5) is 0 Å². The van der Waals surface area contributed by atoms with Crippen molar-refractivity contribution >= 4 is 27.5 Å². The maximum absolute atomic E-state index is 6.12. The summed E-state index contributed by atoms with van der Waals surface area (Å²) in [5.74, 6) is 1.28. The molecule has 0 amide bonds. The van der Waals surface area contributed by atoms with E-state index in [0.717, 1.165) is 23.1 Å². The lowest BCUT2D eigenvalue weighted by molar-refractivity contribution is 0.405. The Hall–Kier alpha value is -0.210. The van der Waals surface area contributed by atoms with E-state index in [2.05, 4.69) is 35.8 Å². The highest BCUT2D eigenvalue weighted by atomic mass is 79.9. The molecule has 1 atom stereocenters. The van der Waals surface area contributed by atoms with Gasteiger partial charge in [0.1, 0.15) is 5.75 Å². The molecule has 0 fully saturated rings. The highest BCUT2D eigenvalue weighted by Gasteiger charge is 2.14. The molecule has 84 valence electrons. The van der Waals surface area contributed by atoms with Crippen LogP contribution in [-0.4, -0.2) is 7.11 Å². The van der Waals surface area contributed by atoms with Crippen LogP contribution in [0.2, 0.25) is 5.02 Å². The van der Waals surface area contributed by atoms with Crippen molar-refractivity contribution in [3.8, 4) is 5.75 Å². The van der Waals surface area contributed by atoms with E-state index >= 15 is 0 Å². The lowest BCUT2D eigenvalue weighted by atomic mass is 9.96. The number of methoxy groups -OCH3 is 1. The van der Waals surface area contributed by atoms with E-state index in [0.29, 0.717) is 10.9 Å². The van der Waals surface area contributed by atoms with Crippen LogP contribution in [0.3, 0.4) is 0 Å². The monoisotopic (exact) mass is 290 g/mol. The number of rotatable bonds is 4.